The number of furan rings is 1. The van der Waals surface area contributed by atoms with Crippen molar-refractivity contribution in [3.05, 3.63) is 47.7 Å². The van der Waals surface area contributed by atoms with Crippen molar-refractivity contribution in [2.24, 2.45) is 0 Å². The topological polar surface area (TPSA) is 87.0 Å². The fraction of sp³-hybridized carbons (Fsp3) is 0.421. The number of hydroxylamine groups is 1. The summed E-state index contributed by atoms with van der Waals surface area (Å²) in [6.07, 6.45) is 1.13. The number of amides is 1. The molecule has 1 aromatic heterocycles. The molecular weight excluding hydrogens is 334 g/mol. The number of nitrogens with zero attached hydrogens (tertiary/aromatic N) is 1. The van der Waals surface area contributed by atoms with Crippen LogP contribution in [0.3, 0.4) is 0 Å². The Morgan fingerprint density at radius 3 is 2.62 bits per heavy atom. The van der Waals surface area contributed by atoms with Crippen LogP contribution in [0.15, 0.2) is 40.8 Å². The molecular formula is C19H25N3O4. The van der Waals surface area contributed by atoms with Crippen LogP contribution in [0.1, 0.15) is 22.5 Å². The normalized spacial score (nSPS) is 15.1. The Kier molecular flexibility index (Phi) is 6.79. The van der Waals surface area contributed by atoms with Gasteiger partial charge >= 0.3 is 5.91 Å². The third-order valence-corrected chi connectivity index (χ3v) is 4.43. The summed E-state index contributed by atoms with van der Waals surface area (Å²) in [5, 5.41) is 12.1. The summed E-state index contributed by atoms with van der Waals surface area (Å²) in [7, 11) is 0. The van der Waals surface area contributed by atoms with Crippen LogP contribution in [-0.4, -0.2) is 55.4 Å². The van der Waals surface area contributed by atoms with Crippen LogP contribution in [0, 0.1) is 0 Å². The van der Waals surface area contributed by atoms with Crippen LogP contribution in [0.2, 0.25) is 0 Å². The predicted octanol–water partition coefficient (Wildman–Crippen LogP) is 1.88. The van der Waals surface area contributed by atoms with Gasteiger partial charge in [0.15, 0.2) is 5.76 Å². The molecule has 26 heavy (non-hydrogen) atoms. The molecule has 1 aromatic carbocycles. The largest absolute Gasteiger partial charge is 0.451 e. The number of hydrogen-bond acceptors (Lipinski definition) is 6. The van der Waals surface area contributed by atoms with Gasteiger partial charge in [-0.1, -0.05) is 24.3 Å². The molecule has 0 radical (unpaired) electrons. The van der Waals surface area contributed by atoms with Gasteiger partial charge in [-0.3, -0.25) is 14.9 Å². The maximum Gasteiger partial charge on any atom is 0.310 e. The number of nitrogens with one attached hydrogen (secondary N) is 2. The lowest BCUT2D eigenvalue weighted by atomic mass is 10.1. The molecule has 0 saturated carbocycles. The van der Waals surface area contributed by atoms with E-state index in [0.717, 1.165) is 57.9 Å². The molecule has 0 bridgehead atoms. The summed E-state index contributed by atoms with van der Waals surface area (Å²) in [5.41, 5.74) is 3.64. The SMILES string of the molecule is O=C(NO)c1ccc(-c2ccc(CNCCCN3CCOCC3)cc2)o1. The average molecular weight is 359 g/mol. The van der Waals surface area contributed by atoms with E-state index in [0.29, 0.717) is 5.76 Å². The lowest BCUT2D eigenvalue weighted by Crippen LogP contribution is -2.37. The zero-order chi connectivity index (χ0) is 18.2. The van der Waals surface area contributed by atoms with E-state index in [-0.39, 0.29) is 5.76 Å². The van der Waals surface area contributed by atoms with Crippen LogP contribution in [0.5, 0.6) is 0 Å². The van der Waals surface area contributed by atoms with E-state index in [9.17, 15) is 4.79 Å². The van der Waals surface area contributed by atoms with E-state index in [1.807, 2.05) is 24.3 Å². The van der Waals surface area contributed by atoms with Crippen LogP contribution >= 0.6 is 0 Å². The zero-order valence-corrected chi connectivity index (χ0v) is 14.7. The predicted molar refractivity (Wildman–Crippen MR) is 97.0 cm³/mol. The minimum Gasteiger partial charge on any atom is -0.451 e. The quantitative estimate of drug-likeness (QED) is 0.379. The van der Waals surface area contributed by atoms with Crippen molar-refractivity contribution in [1.29, 1.82) is 0 Å². The molecule has 0 unspecified atom stereocenters. The number of rotatable bonds is 8. The second-order valence-corrected chi connectivity index (χ2v) is 6.29. The van der Waals surface area contributed by atoms with Gasteiger partial charge in [-0.25, -0.2) is 5.48 Å². The number of hydrogen-bond donors (Lipinski definition) is 3. The van der Waals surface area contributed by atoms with Gasteiger partial charge in [0.05, 0.1) is 13.2 Å². The Balaban J connectivity index is 1.41. The first-order valence-electron chi connectivity index (χ1n) is 8.90. The number of ether oxygens (including phenoxy) is 1. The van der Waals surface area contributed by atoms with Gasteiger partial charge in [0.1, 0.15) is 5.76 Å². The highest BCUT2D eigenvalue weighted by Gasteiger charge is 2.11. The van der Waals surface area contributed by atoms with E-state index in [2.05, 4.69) is 10.2 Å². The van der Waals surface area contributed by atoms with Gasteiger partial charge < -0.3 is 14.5 Å². The molecule has 3 rings (SSSR count). The molecule has 3 N–H and O–H groups in total. The summed E-state index contributed by atoms with van der Waals surface area (Å²) in [4.78, 5) is 13.8. The van der Waals surface area contributed by atoms with E-state index in [1.54, 1.807) is 11.5 Å². The molecule has 1 aliphatic rings. The summed E-state index contributed by atoms with van der Waals surface area (Å²) in [6, 6.07) is 11.2. The molecule has 1 fully saturated rings. The number of carbonyl (C=O) groups is 1. The van der Waals surface area contributed by atoms with E-state index >= 15 is 0 Å². The van der Waals surface area contributed by atoms with Crippen molar-refractivity contribution in [2.45, 2.75) is 13.0 Å². The van der Waals surface area contributed by atoms with E-state index < -0.39 is 5.91 Å². The maximum absolute atomic E-state index is 11.3. The highest BCUT2D eigenvalue weighted by atomic mass is 16.5. The van der Waals surface area contributed by atoms with Crippen molar-refractivity contribution < 1.29 is 19.2 Å². The van der Waals surface area contributed by atoms with Crippen molar-refractivity contribution in [1.82, 2.24) is 15.7 Å². The lowest BCUT2D eigenvalue weighted by molar-refractivity contribution is 0.0374. The second kappa shape index (κ2) is 9.49. The summed E-state index contributed by atoms with van der Waals surface area (Å²) < 4.78 is 10.8. The van der Waals surface area contributed by atoms with Gasteiger partial charge in [-0.2, -0.15) is 0 Å². The number of carbonyl (C=O) groups excluding carboxylic acids is 1. The summed E-state index contributed by atoms with van der Waals surface area (Å²) in [5.74, 6) is 0.0104. The first-order valence-corrected chi connectivity index (χ1v) is 8.90. The minimum absolute atomic E-state index is 0.0773. The van der Waals surface area contributed by atoms with E-state index in [4.69, 9.17) is 14.4 Å². The van der Waals surface area contributed by atoms with Crippen LogP contribution in [0.4, 0.5) is 0 Å². The lowest BCUT2D eigenvalue weighted by Gasteiger charge is -2.26. The van der Waals surface area contributed by atoms with Gasteiger partial charge in [0.2, 0.25) is 0 Å². The Labute approximate surface area is 152 Å². The average Bonchev–Trinajstić information content (AvgIpc) is 3.19. The molecule has 0 aliphatic carbocycles. The molecule has 0 spiro atoms. The van der Waals surface area contributed by atoms with Gasteiger partial charge in [-0.15, -0.1) is 0 Å². The zero-order valence-electron chi connectivity index (χ0n) is 14.7. The fourth-order valence-corrected chi connectivity index (χ4v) is 2.94. The van der Waals surface area contributed by atoms with Crippen molar-refractivity contribution in [2.75, 3.05) is 39.4 Å². The van der Waals surface area contributed by atoms with Gasteiger partial charge in [0.25, 0.3) is 0 Å². The van der Waals surface area contributed by atoms with Crippen LogP contribution in [-0.2, 0) is 11.3 Å². The monoisotopic (exact) mass is 359 g/mol. The smallest absolute Gasteiger partial charge is 0.310 e. The second-order valence-electron chi connectivity index (χ2n) is 6.29. The highest BCUT2D eigenvalue weighted by Crippen LogP contribution is 2.22. The van der Waals surface area contributed by atoms with Crippen LogP contribution < -0.4 is 10.8 Å². The third-order valence-electron chi connectivity index (χ3n) is 4.43. The summed E-state index contributed by atoms with van der Waals surface area (Å²) in [6.45, 7) is 6.68. The Hall–Kier alpha value is -2.19. The van der Waals surface area contributed by atoms with Crippen molar-refractivity contribution in [3.8, 4) is 11.3 Å². The highest BCUT2D eigenvalue weighted by molar-refractivity contribution is 5.91. The number of morpholine rings is 1. The van der Waals surface area contributed by atoms with Crippen molar-refractivity contribution >= 4 is 5.91 Å². The summed E-state index contributed by atoms with van der Waals surface area (Å²) >= 11 is 0. The maximum atomic E-state index is 11.3. The van der Waals surface area contributed by atoms with E-state index in [1.165, 1.54) is 11.6 Å². The Bertz CT molecular complexity index is 693. The van der Waals surface area contributed by atoms with Gasteiger partial charge in [0, 0.05) is 25.2 Å². The minimum atomic E-state index is -0.658. The number of benzene rings is 1. The Morgan fingerprint density at radius 1 is 1.12 bits per heavy atom. The molecule has 1 amide bonds. The molecule has 1 saturated heterocycles. The molecule has 2 aromatic rings. The molecule has 1 aliphatic heterocycles. The fourth-order valence-electron chi connectivity index (χ4n) is 2.94. The molecule has 0 atom stereocenters. The Morgan fingerprint density at radius 2 is 1.88 bits per heavy atom. The van der Waals surface area contributed by atoms with Crippen molar-refractivity contribution in [3.63, 3.8) is 0 Å². The first kappa shape index (κ1) is 18.6. The standard InChI is InChI=1S/C19H25N3O4/c23-19(21-24)18-7-6-17(26-18)16-4-2-15(3-5-16)14-20-8-1-9-22-10-12-25-13-11-22/h2-7,20,24H,1,8-14H2,(H,21,23). The molecule has 2 heterocycles. The van der Waals surface area contributed by atoms with Crippen LogP contribution in [0.25, 0.3) is 11.3 Å². The molecule has 7 nitrogen and oxygen atoms in total. The first-order chi connectivity index (χ1) is 12.8. The third kappa shape index (κ3) is 5.15. The molecule has 7 heteroatoms. The van der Waals surface area contributed by atoms with Gasteiger partial charge in [-0.05, 0) is 37.2 Å². The molecule has 140 valence electrons.